The van der Waals surface area contributed by atoms with Crippen LogP contribution < -0.4 is 21.2 Å². The van der Waals surface area contributed by atoms with Crippen LogP contribution in [0, 0.1) is 0 Å². The normalized spacial score (nSPS) is 13.2. The Morgan fingerprint density at radius 3 is 2.00 bits per heavy atom. The summed E-state index contributed by atoms with van der Waals surface area (Å²) in [5, 5.41) is 0. The van der Waals surface area contributed by atoms with Crippen LogP contribution in [-0.2, 0) is 4.74 Å². The Morgan fingerprint density at radius 1 is 1.33 bits per heavy atom. The first-order valence-corrected chi connectivity index (χ1v) is 6.23. The summed E-state index contributed by atoms with van der Waals surface area (Å²) >= 11 is -0.931. The summed E-state index contributed by atoms with van der Waals surface area (Å²) in [5.41, 5.74) is -2.36. The zero-order chi connectivity index (χ0) is 9.99. The van der Waals surface area contributed by atoms with E-state index in [0.717, 1.165) is 13.8 Å². The Bertz CT molecular complexity index is 176. The molecule has 0 N–H and O–H groups in total. The van der Waals surface area contributed by atoms with Gasteiger partial charge in [-0.25, -0.2) is 0 Å². The second kappa shape index (κ2) is 3.80. The van der Waals surface area contributed by atoms with E-state index in [1.165, 1.54) is 0 Å². The number of hydrogen-bond acceptors (Lipinski definition) is 2. The second-order valence-corrected chi connectivity index (χ2v) is 4.50. The molecule has 0 aromatic carbocycles. The van der Waals surface area contributed by atoms with Gasteiger partial charge in [0.2, 0.25) is 0 Å². The zero-order valence-electron chi connectivity index (χ0n) is 6.83. The van der Waals surface area contributed by atoms with Crippen LogP contribution in [0.5, 0.6) is 0 Å². The van der Waals surface area contributed by atoms with Crippen molar-refractivity contribution in [2.75, 3.05) is 4.93 Å². The molecular formula is C6H9F3IO2-. The molecule has 12 heavy (non-hydrogen) atoms. The molecule has 0 rings (SSSR count). The summed E-state index contributed by atoms with van der Waals surface area (Å²) in [6, 6.07) is 0. The van der Waals surface area contributed by atoms with Gasteiger partial charge in [0.1, 0.15) is 0 Å². The zero-order valence-corrected chi connectivity index (χ0v) is 8.99. The predicted molar refractivity (Wildman–Crippen MR) is 32.5 cm³/mol. The van der Waals surface area contributed by atoms with Crippen LogP contribution in [-0.4, -0.2) is 20.7 Å². The summed E-state index contributed by atoms with van der Waals surface area (Å²) in [5.74, 6) is 0. The van der Waals surface area contributed by atoms with Gasteiger partial charge in [0.25, 0.3) is 0 Å². The van der Waals surface area contributed by atoms with Gasteiger partial charge in [-0.15, -0.1) is 0 Å². The maximum absolute atomic E-state index is 12.1. The van der Waals surface area contributed by atoms with E-state index in [1.807, 2.05) is 0 Å². The van der Waals surface area contributed by atoms with Crippen LogP contribution in [0.2, 0.25) is 0 Å². The molecule has 0 radical (unpaired) electrons. The van der Waals surface area contributed by atoms with Gasteiger partial charge in [-0.3, -0.25) is 0 Å². The Morgan fingerprint density at radius 2 is 1.75 bits per heavy atom. The van der Waals surface area contributed by atoms with Crippen molar-refractivity contribution in [1.29, 1.82) is 0 Å². The van der Waals surface area contributed by atoms with Gasteiger partial charge in [-0.05, 0) is 0 Å². The first-order chi connectivity index (χ1) is 5.20. The van der Waals surface area contributed by atoms with Gasteiger partial charge < -0.3 is 0 Å². The number of rotatable bonds is 2. The minimum atomic E-state index is -4.50. The molecule has 0 aliphatic heterocycles. The topological polar surface area (TPSA) is 26.3 Å². The summed E-state index contributed by atoms with van der Waals surface area (Å²) in [6.07, 6.45) is -4.50. The average Bonchev–Trinajstić information content (AvgIpc) is 1.84. The van der Waals surface area contributed by atoms with E-state index < -0.39 is 37.0 Å². The standard InChI is InChI=1S/C6H9F3IO2/c1-5(2,6(7,8)9)12-4(11)10-3/h1-3H3/q-1. The summed E-state index contributed by atoms with van der Waals surface area (Å²) in [6.45, 7) is 1.68. The van der Waals surface area contributed by atoms with Crippen molar-refractivity contribution in [3.8, 4) is 0 Å². The van der Waals surface area contributed by atoms with Gasteiger partial charge in [0.15, 0.2) is 0 Å². The third-order valence-electron chi connectivity index (χ3n) is 1.17. The molecule has 0 bridgehead atoms. The SMILES string of the molecule is C[I-]C(=O)OC(C)(C)C(F)(F)F. The van der Waals surface area contributed by atoms with Gasteiger partial charge >= 0.3 is 78.4 Å². The van der Waals surface area contributed by atoms with E-state index in [0.29, 0.717) is 0 Å². The molecule has 0 spiro atoms. The molecule has 74 valence electrons. The van der Waals surface area contributed by atoms with Crippen molar-refractivity contribution in [3.05, 3.63) is 0 Å². The van der Waals surface area contributed by atoms with Crippen LogP contribution in [0.4, 0.5) is 18.0 Å². The van der Waals surface area contributed by atoms with Crippen molar-refractivity contribution in [2.24, 2.45) is 0 Å². The fourth-order valence-electron chi connectivity index (χ4n) is 0.297. The minimum absolute atomic E-state index is 0.740. The molecular weight excluding hydrogens is 288 g/mol. The quantitative estimate of drug-likeness (QED) is 0.378. The Balaban J connectivity index is 4.33. The van der Waals surface area contributed by atoms with E-state index in [-0.39, 0.29) is 0 Å². The van der Waals surface area contributed by atoms with E-state index in [2.05, 4.69) is 4.74 Å². The molecule has 0 fully saturated rings. The number of ether oxygens (including phenoxy) is 1. The first-order valence-electron chi connectivity index (χ1n) is 3.00. The van der Waals surface area contributed by atoms with E-state index in [9.17, 15) is 18.0 Å². The van der Waals surface area contributed by atoms with Crippen LogP contribution in [0.3, 0.4) is 0 Å². The third kappa shape index (κ3) is 3.16. The first kappa shape index (κ1) is 12.0. The van der Waals surface area contributed by atoms with Gasteiger partial charge in [0.05, 0.1) is 0 Å². The number of hydrogen-bond donors (Lipinski definition) is 0. The molecule has 0 unspecified atom stereocenters. The predicted octanol–water partition coefficient (Wildman–Crippen LogP) is -0.817. The number of halogens is 4. The van der Waals surface area contributed by atoms with Gasteiger partial charge in [0, 0.05) is 0 Å². The number of carbonyl (C=O) groups is 1. The fourth-order valence-corrected chi connectivity index (χ4v) is 1.07. The number of carbonyl (C=O) groups excluding carboxylic acids is 1. The molecule has 0 aliphatic rings. The molecule has 0 atom stereocenters. The van der Waals surface area contributed by atoms with Crippen molar-refractivity contribution in [2.45, 2.75) is 25.6 Å². The van der Waals surface area contributed by atoms with Crippen molar-refractivity contribution in [1.82, 2.24) is 0 Å². The maximum atomic E-state index is 12.1. The molecule has 2 nitrogen and oxygen atoms in total. The van der Waals surface area contributed by atoms with Crippen LogP contribution in [0.15, 0.2) is 0 Å². The van der Waals surface area contributed by atoms with Crippen molar-refractivity contribution in [3.63, 3.8) is 0 Å². The third-order valence-corrected chi connectivity index (χ3v) is 2.27. The van der Waals surface area contributed by atoms with E-state index in [4.69, 9.17) is 0 Å². The molecule has 0 heterocycles. The van der Waals surface area contributed by atoms with Crippen molar-refractivity contribution >= 4 is 3.98 Å². The molecule has 6 heteroatoms. The molecule has 0 saturated heterocycles. The molecule has 0 aromatic heterocycles. The molecule has 0 saturated carbocycles. The van der Waals surface area contributed by atoms with Crippen LogP contribution in [0.25, 0.3) is 0 Å². The number of alkyl halides is 4. The summed E-state index contributed by atoms with van der Waals surface area (Å²) in [4.78, 5) is 12.2. The summed E-state index contributed by atoms with van der Waals surface area (Å²) < 4.78 is 39.7. The Hall–Kier alpha value is -0.0100. The van der Waals surface area contributed by atoms with E-state index >= 15 is 0 Å². The second-order valence-electron chi connectivity index (χ2n) is 2.54. The average molecular weight is 297 g/mol. The Kier molecular flexibility index (Phi) is 3.80. The van der Waals surface area contributed by atoms with Crippen molar-refractivity contribution < 1.29 is 43.9 Å². The molecule has 0 amide bonds. The van der Waals surface area contributed by atoms with E-state index in [1.54, 1.807) is 4.93 Å². The summed E-state index contributed by atoms with van der Waals surface area (Å²) in [7, 11) is 0. The van der Waals surface area contributed by atoms with Gasteiger partial charge in [-0.2, -0.15) is 0 Å². The molecule has 0 aromatic rings. The fraction of sp³-hybridized carbons (Fsp3) is 0.833. The van der Waals surface area contributed by atoms with Crippen LogP contribution >= 0.6 is 0 Å². The monoisotopic (exact) mass is 297 g/mol. The van der Waals surface area contributed by atoms with Gasteiger partial charge in [-0.1, -0.05) is 0 Å². The Labute approximate surface area is 78.7 Å². The van der Waals surface area contributed by atoms with Crippen LogP contribution in [0.1, 0.15) is 13.8 Å². The molecule has 0 aliphatic carbocycles.